The van der Waals surface area contributed by atoms with E-state index in [9.17, 15) is 9.59 Å². The minimum Gasteiger partial charge on any atom is -0.346 e. The van der Waals surface area contributed by atoms with E-state index in [4.69, 9.17) is 0 Å². The first kappa shape index (κ1) is 18.9. The highest BCUT2D eigenvalue weighted by atomic mass is 16.2. The van der Waals surface area contributed by atoms with Gasteiger partial charge in [-0.2, -0.15) is 4.98 Å². The van der Waals surface area contributed by atoms with Gasteiger partial charge in [0, 0.05) is 35.3 Å². The molecule has 8 nitrogen and oxygen atoms in total. The van der Waals surface area contributed by atoms with Crippen LogP contribution in [0.4, 0.5) is 16.4 Å². The number of rotatable bonds is 7. The third-order valence-electron chi connectivity index (χ3n) is 4.83. The van der Waals surface area contributed by atoms with Crippen molar-refractivity contribution in [3.05, 3.63) is 36.5 Å². The lowest BCUT2D eigenvalue weighted by atomic mass is 10.1. The predicted molar refractivity (Wildman–Crippen MR) is 113 cm³/mol. The Balaban J connectivity index is 1.53. The summed E-state index contributed by atoms with van der Waals surface area (Å²) in [5.74, 6) is 0.343. The number of anilines is 2. The van der Waals surface area contributed by atoms with E-state index < -0.39 is 0 Å². The number of nitrogens with zero attached hydrogens (tertiary/aromatic N) is 2. The summed E-state index contributed by atoms with van der Waals surface area (Å²) in [5, 5.41) is 9.33. The molecule has 8 heteroatoms. The second-order valence-electron chi connectivity index (χ2n) is 7.21. The lowest BCUT2D eigenvalue weighted by molar-refractivity contribution is -0.117. The van der Waals surface area contributed by atoms with Gasteiger partial charge in [-0.1, -0.05) is 25.5 Å². The zero-order valence-corrected chi connectivity index (χ0v) is 16.3. The fraction of sp³-hybridized carbons (Fsp3) is 0.333. The minimum atomic E-state index is -0.216. The molecular weight excluding hydrogens is 368 g/mol. The van der Waals surface area contributed by atoms with E-state index in [0.29, 0.717) is 23.8 Å². The lowest BCUT2D eigenvalue weighted by Crippen LogP contribution is -2.29. The van der Waals surface area contributed by atoms with Crippen LogP contribution in [0.2, 0.25) is 0 Å². The quantitative estimate of drug-likeness (QED) is 0.457. The number of hydrogen-bond acceptors (Lipinski definition) is 4. The fourth-order valence-corrected chi connectivity index (χ4v) is 3.04. The van der Waals surface area contributed by atoms with Crippen molar-refractivity contribution < 1.29 is 9.59 Å². The molecule has 0 radical (unpaired) electrons. The molecule has 2 heterocycles. The highest BCUT2D eigenvalue weighted by Gasteiger charge is 2.30. The number of amides is 3. The Kier molecular flexibility index (Phi) is 5.41. The van der Waals surface area contributed by atoms with Crippen molar-refractivity contribution in [3.8, 4) is 11.3 Å². The van der Waals surface area contributed by atoms with Crippen molar-refractivity contribution in [1.82, 2.24) is 20.3 Å². The molecule has 1 aliphatic rings. The fourth-order valence-electron chi connectivity index (χ4n) is 3.04. The van der Waals surface area contributed by atoms with Gasteiger partial charge in [-0.05, 0) is 37.5 Å². The molecule has 1 aromatic carbocycles. The van der Waals surface area contributed by atoms with Crippen LogP contribution < -0.4 is 16.0 Å². The summed E-state index contributed by atoms with van der Waals surface area (Å²) in [5.41, 5.74) is 2.96. The maximum Gasteiger partial charge on any atom is 0.319 e. The summed E-state index contributed by atoms with van der Waals surface area (Å²) < 4.78 is 0. The summed E-state index contributed by atoms with van der Waals surface area (Å²) >= 11 is 0. The molecule has 0 bridgehead atoms. The molecule has 0 unspecified atom stereocenters. The van der Waals surface area contributed by atoms with Crippen LogP contribution in [0, 0.1) is 5.92 Å². The number of aromatic amines is 1. The molecular formula is C21H24N6O2. The van der Waals surface area contributed by atoms with Crippen molar-refractivity contribution in [2.24, 2.45) is 5.92 Å². The Morgan fingerprint density at radius 3 is 2.62 bits per heavy atom. The van der Waals surface area contributed by atoms with Gasteiger partial charge in [0.2, 0.25) is 11.9 Å². The van der Waals surface area contributed by atoms with Crippen LogP contribution in [0.5, 0.6) is 0 Å². The largest absolute Gasteiger partial charge is 0.346 e. The first-order valence-corrected chi connectivity index (χ1v) is 9.95. The standard InChI is InChI=1S/C21H24N6O2/c1-2-3-11-23-21(29)24-15-8-6-13(7-9-15)17-16-10-12-22-18(16)26-20(25-17)27-19(28)14-4-5-14/h6-10,12,14H,2-5,11H2,1H3,(H2,23,24,29)(H2,22,25,26,27,28). The number of fused-ring (bicyclic) bond motifs is 1. The van der Waals surface area contributed by atoms with Crippen molar-refractivity contribution >= 4 is 34.6 Å². The van der Waals surface area contributed by atoms with Crippen molar-refractivity contribution in [2.75, 3.05) is 17.2 Å². The van der Waals surface area contributed by atoms with Gasteiger partial charge in [-0.15, -0.1) is 0 Å². The summed E-state index contributed by atoms with van der Waals surface area (Å²) in [6.07, 6.45) is 5.62. The van der Waals surface area contributed by atoms with E-state index in [2.05, 4.69) is 37.8 Å². The molecule has 0 saturated heterocycles. The van der Waals surface area contributed by atoms with Gasteiger partial charge in [-0.3, -0.25) is 10.1 Å². The van der Waals surface area contributed by atoms with Gasteiger partial charge < -0.3 is 15.6 Å². The van der Waals surface area contributed by atoms with Gasteiger partial charge in [-0.25, -0.2) is 9.78 Å². The second-order valence-corrected chi connectivity index (χ2v) is 7.21. The van der Waals surface area contributed by atoms with Gasteiger partial charge >= 0.3 is 6.03 Å². The van der Waals surface area contributed by atoms with Crippen LogP contribution in [0.25, 0.3) is 22.3 Å². The van der Waals surface area contributed by atoms with Crippen molar-refractivity contribution in [1.29, 1.82) is 0 Å². The number of unbranched alkanes of at least 4 members (excludes halogenated alkanes) is 1. The number of urea groups is 1. The zero-order valence-electron chi connectivity index (χ0n) is 16.3. The Bertz CT molecular complexity index is 1020. The first-order chi connectivity index (χ1) is 14.1. The Morgan fingerprint density at radius 2 is 1.90 bits per heavy atom. The van der Waals surface area contributed by atoms with Crippen molar-refractivity contribution in [2.45, 2.75) is 32.6 Å². The Labute approximate surface area is 168 Å². The Hall–Kier alpha value is -3.42. The number of benzene rings is 1. The maximum absolute atomic E-state index is 12.1. The van der Waals surface area contributed by atoms with Crippen LogP contribution in [-0.4, -0.2) is 33.4 Å². The summed E-state index contributed by atoms with van der Waals surface area (Å²) in [4.78, 5) is 36.0. The van der Waals surface area contributed by atoms with E-state index in [1.807, 2.05) is 30.3 Å². The molecule has 29 heavy (non-hydrogen) atoms. The Morgan fingerprint density at radius 1 is 1.10 bits per heavy atom. The third kappa shape index (κ3) is 4.53. The molecule has 3 aromatic rings. The molecule has 4 rings (SSSR count). The zero-order chi connectivity index (χ0) is 20.2. The van der Waals surface area contributed by atoms with Crippen LogP contribution in [-0.2, 0) is 4.79 Å². The molecule has 4 N–H and O–H groups in total. The van der Waals surface area contributed by atoms with Crippen molar-refractivity contribution in [3.63, 3.8) is 0 Å². The monoisotopic (exact) mass is 392 g/mol. The van der Waals surface area contributed by atoms with Crippen LogP contribution >= 0.6 is 0 Å². The topological polar surface area (TPSA) is 112 Å². The molecule has 0 atom stereocenters. The number of carbonyl (C=O) groups is 2. The molecule has 150 valence electrons. The first-order valence-electron chi connectivity index (χ1n) is 9.95. The number of H-pyrrole nitrogens is 1. The molecule has 2 aromatic heterocycles. The number of nitrogens with one attached hydrogen (secondary N) is 4. The maximum atomic E-state index is 12.1. The summed E-state index contributed by atoms with van der Waals surface area (Å²) in [7, 11) is 0. The number of carbonyl (C=O) groups excluding carboxylic acids is 2. The molecule has 3 amide bonds. The third-order valence-corrected chi connectivity index (χ3v) is 4.83. The van der Waals surface area contributed by atoms with E-state index in [-0.39, 0.29) is 17.9 Å². The lowest BCUT2D eigenvalue weighted by Gasteiger charge is -2.10. The molecule has 1 fully saturated rings. The van der Waals surface area contributed by atoms with Gasteiger partial charge in [0.1, 0.15) is 5.65 Å². The highest BCUT2D eigenvalue weighted by molar-refractivity contribution is 5.96. The average molecular weight is 392 g/mol. The molecule has 0 aliphatic heterocycles. The van der Waals surface area contributed by atoms with Crippen LogP contribution in [0.15, 0.2) is 36.5 Å². The van der Waals surface area contributed by atoms with Gasteiger partial charge in [0.15, 0.2) is 0 Å². The van der Waals surface area contributed by atoms with E-state index in [1.54, 1.807) is 6.20 Å². The van der Waals surface area contributed by atoms with E-state index in [1.165, 1.54) is 0 Å². The van der Waals surface area contributed by atoms with Crippen LogP contribution in [0.1, 0.15) is 32.6 Å². The van der Waals surface area contributed by atoms with Gasteiger partial charge in [0.25, 0.3) is 0 Å². The summed E-state index contributed by atoms with van der Waals surface area (Å²) in [6, 6.07) is 9.14. The van der Waals surface area contributed by atoms with E-state index in [0.717, 1.165) is 42.3 Å². The van der Waals surface area contributed by atoms with Crippen LogP contribution in [0.3, 0.4) is 0 Å². The van der Waals surface area contributed by atoms with E-state index >= 15 is 0 Å². The highest BCUT2D eigenvalue weighted by Crippen LogP contribution is 2.31. The predicted octanol–water partition coefficient (Wildman–Crippen LogP) is 3.90. The molecule has 1 aliphatic carbocycles. The molecule has 0 spiro atoms. The minimum absolute atomic E-state index is 0.0320. The smallest absolute Gasteiger partial charge is 0.319 e. The summed E-state index contributed by atoms with van der Waals surface area (Å²) in [6.45, 7) is 2.73. The molecule has 1 saturated carbocycles. The van der Waals surface area contributed by atoms with Gasteiger partial charge in [0.05, 0.1) is 5.69 Å². The normalized spacial score (nSPS) is 13.3. The average Bonchev–Trinajstić information content (AvgIpc) is 3.46. The SMILES string of the molecule is CCCCNC(=O)Nc1ccc(-c2nc(NC(=O)C3CC3)nc3[nH]ccc23)cc1. The number of hydrogen-bond donors (Lipinski definition) is 4. The number of aromatic nitrogens is 3. The second kappa shape index (κ2) is 8.30.